The van der Waals surface area contributed by atoms with Crippen LogP contribution in [0.1, 0.15) is 45.4 Å². The van der Waals surface area contributed by atoms with E-state index in [0.29, 0.717) is 18.6 Å². The van der Waals surface area contributed by atoms with E-state index in [1.54, 1.807) is 0 Å². The Hall–Kier alpha value is -0.660. The van der Waals surface area contributed by atoms with Crippen molar-refractivity contribution in [3.63, 3.8) is 0 Å². The highest BCUT2D eigenvalue weighted by Gasteiger charge is 2.30. The molecule has 1 aliphatic rings. The highest BCUT2D eigenvalue weighted by Crippen LogP contribution is 2.37. The first-order valence-electron chi connectivity index (χ1n) is 4.62. The quantitative estimate of drug-likeness (QED) is 0.605. The Morgan fingerprint density at radius 2 is 2.33 bits per heavy atom. The summed E-state index contributed by atoms with van der Waals surface area (Å²) in [5.41, 5.74) is 0.121. The van der Waals surface area contributed by atoms with Crippen LogP contribution in [0.2, 0.25) is 0 Å². The van der Waals surface area contributed by atoms with E-state index in [1.807, 2.05) is 0 Å². The van der Waals surface area contributed by atoms with E-state index in [0.717, 1.165) is 32.0 Å². The number of carbonyl (C=O) groups is 2. The van der Waals surface area contributed by atoms with Gasteiger partial charge in [0.25, 0.3) is 0 Å². The van der Waals surface area contributed by atoms with Crippen molar-refractivity contribution in [3.8, 4) is 0 Å². The minimum absolute atomic E-state index is 0.121. The highest BCUT2D eigenvalue weighted by molar-refractivity contribution is 5.79. The van der Waals surface area contributed by atoms with Crippen LogP contribution in [0.25, 0.3) is 0 Å². The van der Waals surface area contributed by atoms with Crippen LogP contribution in [0.15, 0.2) is 0 Å². The molecule has 68 valence electrons. The number of hydrogen-bond acceptors (Lipinski definition) is 2. The zero-order valence-corrected chi connectivity index (χ0v) is 7.64. The van der Waals surface area contributed by atoms with Crippen LogP contribution in [0.3, 0.4) is 0 Å². The van der Waals surface area contributed by atoms with Crippen molar-refractivity contribution in [2.24, 2.45) is 5.41 Å². The summed E-state index contributed by atoms with van der Waals surface area (Å²) in [6.45, 7) is 2.12. The van der Waals surface area contributed by atoms with E-state index in [4.69, 9.17) is 0 Å². The van der Waals surface area contributed by atoms with E-state index in [9.17, 15) is 9.59 Å². The van der Waals surface area contributed by atoms with Crippen LogP contribution in [0, 0.1) is 5.41 Å². The van der Waals surface area contributed by atoms with Crippen LogP contribution in [-0.4, -0.2) is 12.1 Å². The molecule has 1 rings (SSSR count). The third kappa shape index (κ3) is 2.43. The summed E-state index contributed by atoms with van der Waals surface area (Å²) in [5, 5.41) is 0. The first-order chi connectivity index (χ1) is 5.66. The highest BCUT2D eigenvalue weighted by atomic mass is 16.1. The molecule has 0 aromatic rings. The van der Waals surface area contributed by atoms with Gasteiger partial charge in [0.2, 0.25) is 0 Å². The molecule has 0 radical (unpaired) electrons. The van der Waals surface area contributed by atoms with Crippen molar-refractivity contribution in [1.82, 2.24) is 0 Å². The lowest BCUT2D eigenvalue weighted by Crippen LogP contribution is -2.25. The molecule has 0 bridgehead atoms. The molecule has 0 N–H and O–H groups in total. The Kier molecular flexibility index (Phi) is 3.01. The fourth-order valence-electron chi connectivity index (χ4n) is 1.99. The average Bonchev–Trinajstić information content (AvgIpc) is 2.01. The lowest BCUT2D eigenvalue weighted by molar-refractivity contribution is -0.124. The second-order valence-electron chi connectivity index (χ2n) is 4.09. The van der Waals surface area contributed by atoms with Crippen molar-refractivity contribution >= 4 is 12.1 Å². The molecule has 0 spiro atoms. The molecule has 2 nitrogen and oxygen atoms in total. The molecule has 0 heterocycles. The summed E-state index contributed by atoms with van der Waals surface area (Å²) in [4.78, 5) is 21.3. The lowest BCUT2D eigenvalue weighted by Gasteiger charge is -2.31. The third-order valence-electron chi connectivity index (χ3n) is 2.73. The second kappa shape index (κ2) is 3.83. The maximum Gasteiger partial charge on any atom is 0.133 e. The summed E-state index contributed by atoms with van der Waals surface area (Å²) < 4.78 is 0. The van der Waals surface area contributed by atoms with Gasteiger partial charge in [0.15, 0.2) is 0 Å². The third-order valence-corrected chi connectivity index (χ3v) is 2.73. The smallest absolute Gasteiger partial charge is 0.133 e. The first kappa shape index (κ1) is 9.43. The SMILES string of the molecule is CC1(CCC=O)CCCC(=O)C1. The van der Waals surface area contributed by atoms with E-state index >= 15 is 0 Å². The predicted molar refractivity (Wildman–Crippen MR) is 46.9 cm³/mol. The second-order valence-corrected chi connectivity index (χ2v) is 4.09. The topological polar surface area (TPSA) is 34.1 Å². The van der Waals surface area contributed by atoms with Crippen molar-refractivity contribution in [1.29, 1.82) is 0 Å². The maximum atomic E-state index is 11.2. The fraction of sp³-hybridized carbons (Fsp3) is 0.800. The monoisotopic (exact) mass is 168 g/mol. The number of hydrogen-bond donors (Lipinski definition) is 0. The van der Waals surface area contributed by atoms with Crippen molar-refractivity contribution < 1.29 is 9.59 Å². The number of ketones is 1. The molecule has 1 unspecified atom stereocenters. The van der Waals surface area contributed by atoms with E-state index < -0.39 is 0 Å². The van der Waals surface area contributed by atoms with Crippen LogP contribution >= 0.6 is 0 Å². The number of carbonyl (C=O) groups excluding carboxylic acids is 2. The van der Waals surface area contributed by atoms with Gasteiger partial charge >= 0.3 is 0 Å². The average molecular weight is 168 g/mol. The molecular formula is C10H16O2. The number of aldehydes is 1. The fourth-order valence-corrected chi connectivity index (χ4v) is 1.99. The molecular weight excluding hydrogens is 152 g/mol. The normalized spacial score (nSPS) is 30.2. The summed E-state index contributed by atoms with van der Waals surface area (Å²) in [6.07, 6.45) is 5.97. The van der Waals surface area contributed by atoms with Gasteiger partial charge in [-0.05, 0) is 24.7 Å². The molecule has 1 saturated carbocycles. The minimum Gasteiger partial charge on any atom is -0.303 e. The van der Waals surface area contributed by atoms with Gasteiger partial charge in [0.05, 0.1) is 0 Å². The van der Waals surface area contributed by atoms with Crippen LogP contribution in [0.5, 0.6) is 0 Å². The van der Waals surface area contributed by atoms with Crippen LogP contribution < -0.4 is 0 Å². The van der Waals surface area contributed by atoms with Crippen LogP contribution in [-0.2, 0) is 9.59 Å². The molecule has 0 aromatic carbocycles. The van der Waals surface area contributed by atoms with Crippen molar-refractivity contribution in [2.75, 3.05) is 0 Å². The maximum absolute atomic E-state index is 11.2. The Balaban J connectivity index is 2.45. The largest absolute Gasteiger partial charge is 0.303 e. The summed E-state index contributed by atoms with van der Waals surface area (Å²) in [7, 11) is 0. The molecule has 1 atom stereocenters. The molecule has 1 fully saturated rings. The lowest BCUT2D eigenvalue weighted by atomic mass is 9.72. The van der Waals surface area contributed by atoms with Gasteiger partial charge in [-0.2, -0.15) is 0 Å². The minimum atomic E-state index is 0.121. The molecule has 12 heavy (non-hydrogen) atoms. The van der Waals surface area contributed by atoms with E-state index in [-0.39, 0.29) is 5.41 Å². The molecule has 1 aliphatic carbocycles. The Morgan fingerprint density at radius 1 is 1.58 bits per heavy atom. The van der Waals surface area contributed by atoms with Gasteiger partial charge < -0.3 is 4.79 Å². The van der Waals surface area contributed by atoms with Gasteiger partial charge in [-0.25, -0.2) is 0 Å². The van der Waals surface area contributed by atoms with Crippen LogP contribution in [0.4, 0.5) is 0 Å². The van der Waals surface area contributed by atoms with Gasteiger partial charge in [-0.1, -0.05) is 6.92 Å². The Labute approximate surface area is 73.3 Å². The summed E-state index contributed by atoms with van der Waals surface area (Å²) in [6, 6.07) is 0. The van der Waals surface area contributed by atoms with Gasteiger partial charge in [0.1, 0.15) is 12.1 Å². The molecule has 2 heteroatoms. The van der Waals surface area contributed by atoms with Gasteiger partial charge in [-0.15, -0.1) is 0 Å². The van der Waals surface area contributed by atoms with Crippen molar-refractivity contribution in [3.05, 3.63) is 0 Å². The molecule has 0 aliphatic heterocycles. The Bertz CT molecular complexity index is 186. The molecule has 0 amide bonds. The standard InChI is InChI=1S/C10H16O2/c1-10(6-3-7-11)5-2-4-9(12)8-10/h7H,2-6,8H2,1H3. The predicted octanol–water partition coefficient (Wildman–Crippen LogP) is 2.11. The summed E-state index contributed by atoms with van der Waals surface area (Å²) in [5.74, 6) is 0.370. The van der Waals surface area contributed by atoms with Crippen molar-refractivity contribution in [2.45, 2.75) is 45.4 Å². The number of rotatable bonds is 3. The zero-order valence-electron chi connectivity index (χ0n) is 7.64. The number of Topliss-reactive ketones (excluding diaryl/α,β-unsaturated/α-hetero) is 1. The van der Waals surface area contributed by atoms with Gasteiger partial charge in [0, 0.05) is 19.3 Å². The molecule has 0 aromatic heterocycles. The zero-order chi connectivity index (χ0) is 9.03. The summed E-state index contributed by atoms with van der Waals surface area (Å²) >= 11 is 0. The van der Waals surface area contributed by atoms with E-state index in [2.05, 4.69) is 6.92 Å². The first-order valence-corrected chi connectivity index (χ1v) is 4.62. The molecule has 0 saturated heterocycles. The van der Waals surface area contributed by atoms with Gasteiger partial charge in [-0.3, -0.25) is 4.79 Å². The van der Waals surface area contributed by atoms with E-state index in [1.165, 1.54) is 0 Å². The Morgan fingerprint density at radius 3 is 2.92 bits per heavy atom.